The van der Waals surface area contributed by atoms with Crippen molar-refractivity contribution in [3.8, 4) is 0 Å². The van der Waals surface area contributed by atoms with Crippen LogP contribution in [0.1, 0.15) is 29.4 Å². The van der Waals surface area contributed by atoms with Gasteiger partial charge in [-0.1, -0.05) is 48.5 Å². The highest BCUT2D eigenvalue weighted by Crippen LogP contribution is 2.34. The van der Waals surface area contributed by atoms with Crippen LogP contribution in [0.25, 0.3) is 0 Å². The van der Waals surface area contributed by atoms with Gasteiger partial charge < -0.3 is 5.32 Å². The molecule has 8 nitrogen and oxygen atoms in total. The average molecular weight is 481 g/mol. The fourth-order valence-corrected chi connectivity index (χ4v) is 6.28. The van der Waals surface area contributed by atoms with E-state index < -0.39 is 22.0 Å². The first kappa shape index (κ1) is 23.7. The van der Waals surface area contributed by atoms with Crippen molar-refractivity contribution in [2.75, 3.05) is 10.8 Å². The molecule has 3 aromatic rings. The summed E-state index contributed by atoms with van der Waals surface area (Å²) in [6.45, 7) is 4.90. The fraction of sp³-hybridized carbons (Fsp3) is 0.320. The van der Waals surface area contributed by atoms with Gasteiger partial charge in [0, 0.05) is 6.54 Å². The second kappa shape index (κ2) is 9.42. The van der Waals surface area contributed by atoms with Crippen LogP contribution in [0.2, 0.25) is 0 Å². The lowest BCUT2D eigenvalue weighted by molar-refractivity contribution is -0.127. The third-order valence-corrected chi connectivity index (χ3v) is 8.18. The average Bonchev–Trinajstić information content (AvgIpc) is 3.35. The molecular formula is C25H28N4O4S. The summed E-state index contributed by atoms with van der Waals surface area (Å²) in [7, 11) is -3.84. The number of sulfonamides is 1. The predicted octanol–water partition coefficient (Wildman–Crippen LogP) is 2.57. The van der Waals surface area contributed by atoms with E-state index in [4.69, 9.17) is 0 Å². The number of hydrogen-bond donors (Lipinski definition) is 1. The summed E-state index contributed by atoms with van der Waals surface area (Å²) in [4.78, 5) is 25.0. The number of aryl methyl sites for hydroxylation is 1. The summed E-state index contributed by atoms with van der Waals surface area (Å²) in [6.07, 6.45) is 1.03. The molecule has 0 spiro atoms. The lowest BCUT2D eigenvalue weighted by atomic mass is 10.0. The minimum Gasteiger partial charge on any atom is -0.344 e. The number of anilines is 1. The first-order valence-corrected chi connectivity index (χ1v) is 12.6. The first-order chi connectivity index (χ1) is 16.2. The lowest BCUT2D eigenvalue weighted by Crippen LogP contribution is -2.43. The number of hydrogen-bond acceptors (Lipinski definition) is 5. The van der Waals surface area contributed by atoms with Gasteiger partial charge in [-0.15, -0.1) is 0 Å². The molecule has 0 unspecified atom stereocenters. The van der Waals surface area contributed by atoms with Crippen LogP contribution in [0.5, 0.6) is 0 Å². The lowest BCUT2D eigenvalue weighted by Gasteiger charge is -2.20. The molecule has 0 fully saturated rings. The number of Topliss-reactive ketones (excluding diaryl/α,β-unsaturated/α-hetero) is 1. The normalized spacial score (nSPS) is 14.0. The molecule has 0 bridgehead atoms. The van der Waals surface area contributed by atoms with E-state index in [0.717, 1.165) is 11.1 Å². The minimum absolute atomic E-state index is 0.115. The summed E-state index contributed by atoms with van der Waals surface area (Å²) < 4.78 is 29.9. The fourth-order valence-electron chi connectivity index (χ4n) is 4.40. The molecule has 0 radical (unpaired) electrons. The molecule has 1 amide bonds. The Hall–Kier alpha value is -3.46. The van der Waals surface area contributed by atoms with Crippen molar-refractivity contribution in [1.82, 2.24) is 15.1 Å². The Morgan fingerprint density at radius 3 is 2.44 bits per heavy atom. The van der Waals surface area contributed by atoms with Crippen LogP contribution < -0.4 is 9.62 Å². The van der Waals surface area contributed by atoms with E-state index in [-0.39, 0.29) is 17.2 Å². The Morgan fingerprint density at radius 1 is 1.06 bits per heavy atom. The van der Waals surface area contributed by atoms with Gasteiger partial charge in [0.1, 0.15) is 11.4 Å². The SMILES string of the molecule is CC(=O)[C@H](Cc1ccccc1)NC(=O)Cn1nc(C)c(S(=O)(=O)N2CCc3ccccc32)c1C. The summed E-state index contributed by atoms with van der Waals surface area (Å²) in [5.74, 6) is -0.557. The molecule has 4 rings (SSSR count). The third kappa shape index (κ3) is 4.61. The monoisotopic (exact) mass is 480 g/mol. The molecule has 0 aliphatic carbocycles. The van der Waals surface area contributed by atoms with Gasteiger partial charge in [-0.25, -0.2) is 8.42 Å². The van der Waals surface area contributed by atoms with Gasteiger partial charge in [0.2, 0.25) is 5.91 Å². The van der Waals surface area contributed by atoms with Crippen LogP contribution in [-0.4, -0.2) is 42.5 Å². The van der Waals surface area contributed by atoms with Crippen LogP contribution >= 0.6 is 0 Å². The Bertz CT molecular complexity index is 1330. The van der Waals surface area contributed by atoms with Crippen LogP contribution in [0, 0.1) is 13.8 Å². The number of fused-ring (bicyclic) bond motifs is 1. The molecule has 178 valence electrons. The van der Waals surface area contributed by atoms with E-state index in [1.54, 1.807) is 19.9 Å². The number of aromatic nitrogens is 2. The summed E-state index contributed by atoms with van der Waals surface area (Å²) >= 11 is 0. The number of carbonyl (C=O) groups excluding carboxylic acids is 2. The minimum atomic E-state index is -3.84. The molecular weight excluding hydrogens is 452 g/mol. The van der Waals surface area contributed by atoms with Crippen molar-refractivity contribution >= 4 is 27.4 Å². The number of carbonyl (C=O) groups is 2. The van der Waals surface area contributed by atoms with Crippen LogP contribution in [0.3, 0.4) is 0 Å². The maximum atomic E-state index is 13.5. The van der Waals surface area contributed by atoms with E-state index in [0.29, 0.717) is 36.5 Å². The number of rotatable bonds is 8. The zero-order chi connectivity index (χ0) is 24.5. The Labute approximate surface area is 199 Å². The van der Waals surface area contributed by atoms with E-state index in [2.05, 4.69) is 10.4 Å². The molecule has 0 saturated carbocycles. The van der Waals surface area contributed by atoms with Gasteiger partial charge in [0.05, 0.1) is 23.1 Å². The molecule has 1 atom stereocenters. The van der Waals surface area contributed by atoms with E-state index in [9.17, 15) is 18.0 Å². The first-order valence-electron chi connectivity index (χ1n) is 11.2. The molecule has 1 aromatic heterocycles. The van der Waals surface area contributed by atoms with Gasteiger partial charge in [-0.3, -0.25) is 18.6 Å². The van der Waals surface area contributed by atoms with E-state index in [1.165, 1.54) is 15.9 Å². The van der Waals surface area contributed by atoms with E-state index in [1.807, 2.05) is 48.5 Å². The van der Waals surface area contributed by atoms with Crippen molar-refractivity contribution < 1.29 is 18.0 Å². The smallest absolute Gasteiger partial charge is 0.268 e. The number of benzene rings is 2. The Morgan fingerprint density at radius 2 is 1.74 bits per heavy atom. The molecule has 2 heterocycles. The maximum Gasteiger partial charge on any atom is 0.268 e. The quantitative estimate of drug-likeness (QED) is 0.534. The number of nitrogens with one attached hydrogen (secondary N) is 1. The highest BCUT2D eigenvalue weighted by molar-refractivity contribution is 7.93. The highest BCUT2D eigenvalue weighted by atomic mass is 32.2. The van der Waals surface area contributed by atoms with Gasteiger partial charge in [0.15, 0.2) is 5.78 Å². The van der Waals surface area contributed by atoms with Crippen LogP contribution in [0.15, 0.2) is 59.5 Å². The molecule has 0 saturated heterocycles. The van der Waals surface area contributed by atoms with Gasteiger partial charge >= 0.3 is 0 Å². The zero-order valence-corrected chi connectivity index (χ0v) is 20.3. The number of amides is 1. The third-order valence-electron chi connectivity index (χ3n) is 6.11. The maximum absolute atomic E-state index is 13.5. The number of ketones is 1. The number of nitrogens with zero attached hydrogens (tertiary/aromatic N) is 3. The largest absolute Gasteiger partial charge is 0.344 e. The zero-order valence-electron chi connectivity index (χ0n) is 19.5. The number of para-hydroxylation sites is 1. The Balaban J connectivity index is 1.53. The summed E-state index contributed by atoms with van der Waals surface area (Å²) in [6, 6.07) is 16.2. The predicted molar refractivity (Wildman–Crippen MR) is 129 cm³/mol. The van der Waals surface area contributed by atoms with Crippen molar-refractivity contribution in [2.45, 2.75) is 51.1 Å². The summed E-state index contributed by atoms with van der Waals surface area (Å²) in [5.41, 5.74) is 3.33. The summed E-state index contributed by atoms with van der Waals surface area (Å²) in [5, 5.41) is 7.11. The standard InChI is InChI=1S/C25H28N4O4S/c1-17-25(34(32,33)29-14-13-21-11-7-8-12-23(21)29)18(2)28(27-17)16-24(31)26-22(19(3)30)15-20-9-5-4-6-10-20/h4-12,22H,13-16H2,1-3H3,(H,26,31)/t22-/m0/s1. The Kier molecular flexibility index (Phi) is 6.56. The molecule has 2 aromatic carbocycles. The van der Waals surface area contributed by atoms with Crippen LogP contribution in [-0.2, 0) is 39.0 Å². The topological polar surface area (TPSA) is 101 Å². The van der Waals surface area contributed by atoms with E-state index >= 15 is 0 Å². The van der Waals surface area contributed by atoms with Gasteiger partial charge in [0.25, 0.3) is 10.0 Å². The van der Waals surface area contributed by atoms with Gasteiger partial charge in [-0.05, 0) is 50.8 Å². The molecule has 1 N–H and O–H groups in total. The van der Waals surface area contributed by atoms with Crippen molar-refractivity contribution in [3.05, 3.63) is 77.1 Å². The second-order valence-electron chi connectivity index (χ2n) is 8.53. The van der Waals surface area contributed by atoms with Gasteiger partial charge in [-0.2, -0.15) is 5.10 Å². The van der Waals surface area contributed by atoms with Crippen LogP contribution in [0.4, 0.5) is 5.69 Å². The molecule has 1 aliphatic rings. The van der Waals surface area contributed by atoms with Crippen molar-refractivity contribution in [2.24, 2.45) is 0 Å². The highest BCUT2D eigenvalue weighted by Gasteiger charge is 2.35. The molecule has 34 heavy (non-hydrogen) atoms. The van der Waals surface area contributed by atoms with Crippen molar-refractivity contribution in [1.29, 1.82) is 0 Å². The molecule has 9 heteroatoms. The second-order valence-corrected chi connectivity index (χ2v) is 10.3. The van der Waals surface area contributed by atoms with Crippen molar-refractivity contribution in [3.63, 3.8) is 0 Å². The molecule has 1 aliphatic heterocycles.